The monoisotopic (exact) mass is 174 g/mol. The first-order chi connectivity index (χ1) is 5.33. The molecule has 1 rings (SSSR count). The molecule has 2 N–H and O–H groups in total. The average molecular weight is 175 g/mol. The van der Waals surface area contributed by atoms with Crippen LogP contribution in [0.1, 0.15) is 0 Å². The molecule has 0 fully saturated rings. The van der Waals surface area contributed by atoms with Crippen LogP contribution >= 0.6 is 11.6 Å². The van der Waals surface area contributed by atoms with Crippen molar-refractivity contribution in [2.45, 2.75) is 0 Å². The molecule has 1 aromatic rings. The van der Waals surface area contributed by atoms with Gasteiger partial charge in [0.1, 0.15) is 6.33 Å². The third-order valence-corrected chi connectivity index (χ3v) is 1.12. The van der Waals surface area contributed by atoms with Gasteiger partial charge in [-0.25, -0.2) is 9.97 Å². The molecule has 1 aromatic heterocycles. The summed E-state index contributed by atoms with van der Waals surface area (Å²) in [6.07, 6.45) is 1.30. The lowest BCUT2D eigenvalue weighted by Crippen LogP contribution is -2.08. The molecule has 0 amide bonds. The van der Waals surface area contributed by atoms with E-state index in [2.05, 4.69) is 20.3 Å². The van der Waals surface area contributed by atoms with Crippen LogP contribution < -0.4 is 5.32 Å². The van der Waals surface area contributed by atoms with Crippen molar-refractivity contribution in [2.24, 2.45) is 0 Å². The molecule has 0 aliphatic heterocycles. The smallest absolute Gasteiger partial charge is 0.227 e. The molecule has 11 heavy (non-hydrogen) atoms. The van der Waals surface area contributed by atoms with Gasteiger partial charge in [0.2, 0.25) is 11.2 Å². The number of nitrogens with zero attached hydrogens (tertiary/aromatic N) is 3. The second-order valence-electron chi connectivity index (χ2n) is 1.73. The molecule has 6 heteroatoms. The lowest BCUT2D eigenvalue weighted by Gasteiger charge is -1.99. The number of halogens is 1. The Kier molecular flexibility index (Phi) is 3.00. The molecule has 0 saturated carbocycles. The van der Waals surface area contributed by atoms with E-state index in [-0.39, 0.29) is 11.9 Å². The molecule has 0 aliphatic rings. The van der Waals surface area contributed by atoms with Gasteiger partial charge >= 0.3 is 0 Å². The second kappa shape index (κ2) is 4.05. The number of aromatic nitrogens is 3. The van der Waals surface area contributed by atoms with Crippen LogP contribution in [0.2, 0.25) is 5.28 Å². The first kappa shape index (κ1) is 8.16. The third kappa shape index (κ3) is 2.65. The van der Waals surface area contributed by atoms with E-state index in [0.717, 1.165) is 0 Å². The maximum absolute atomic E-state index is 8.43. The van der Waals surface area contributed by atoms with E-state index in [0.29, 0.717) is 12.5 Å². The van der Waals surface area contributed by atoms with Crippen LogP contribution in [0.5, 0.6) is 0 Å². The molecule has 0 spiro atoms. The Bertz CT molecular complexity index is 231. The summed E-state index contributed by atoms with van der Waals surface area (Å²) in [5.74, 6) is 0.374. The van der Waals surface area contributed by atoms with E-state index < -0.39 is 0 Å². The van der Waals surface area contributed by atoms with E-state index >= 15 is 0 Å². The SMILES string of the molecule is OCCNc1ncnc(Cl)n1. The Labute approximate surface area is 68.5 Å². The van der Waals surface area contributed by atoms with Crippen molar-refractivity contribution in [3.05, 3.63) is 11.6 Å². The van der Waals surface area contributed by atoms with Crippen molar-refractivity contribution < 1.29 is 5.11 Å². The molecular weight excluding hydrogens is 168 g/mol. The molecule has 0 aliphatic carbocycles. The Morgan fingerprint density at radius 1 is 1.55 bits per heavy atom. The van der Waals surface area contributed by atoms with Gasteiger partial charge in [-0.15, -0.1) is 0 Å². The van der Waals surface area contributed by atoms with Gasteiger partial charge in [-0.3, -0.25) is 0 Å². The zero-order valence-electron chi connectivity index (χ0n) is 5.66. The largest absolute Gasteiger partial charge is 0.395 e. The fourth-order valence-electron chi connectivity index (χ4n) is 0.529. The maximum Gasteiger partial charge on any atom is 0.227 e. The fraction of sp³-hybridized carbons (Fsp3) is 0.400. The van der Waals surface area contributed by atoms with E-state index in [4.69, 9.17) is 16.7 Å². The number of aliphatic hydroxyl groups excluding tert-OH is 1. The van der Waals surface area contributed by atoms with Gasteiger partial charge in [-0.05, 0) is 11.6 Å². The quantitative estimate of drug-likeness (QED) is 0.671. The minimum absolute atomic E-state index is 0.0311. The Morgan fingerprint density at radius 2 is 2.36 bits per heavy atom. The van der Waals surface area contributed by atoms with Crippen LogP contribution in [-0.4, -0.2) is 33.2 Å². The van der Waals surface area contributed by atoms with Crippen LogP contribution in [0.25, 0.3) is 0 Å². The first-order valence-corrected chi connectivity index (χ1v) is 3.40. The van der Waals surface area contributed by atoms with E-state index in [1.54, 1.807) is 0 Å². The molecule has 60 valence electrons. The normalized spacial score (nSPS) is 9.64. The molecule has 0 saturated heterocycles. The minimum atomic E-state index is 0.0311. The summed E-state index contributed by atoms with van der Waals surface area (Å²) in [6, 6.07) is 0. The van der Waals surface area contributed by atoms with Gasteiger partial charge in [-0.2, -0.15) is 4.98 Å². The predicted molar refractivity (Wildman–Crippen MR) is 40.4 cm³/mol. The van der Waals surface area contributed by atoms with Crippen molar-refractivity contribution in [1.82, 2.24) is 15.0 Å². The summed E-state index contributed by atoms with van der Waals surface area (Å²) >= 11 is 5.46. The minimum Gasteiger partial charge on any atom is -0.395 e. The van der Waals surface area contributed by atoms with Crippen LogP contribution in [0, 0.1) is 0 Å². The van der Waals surface area contributed by atoms with Gasteiger partial charge < -0.3 is 10.4 Å². The summed E-state index contributed by atoms with van der Waals surface area (Å²) in [5, 5.41) is 11.3. The van der Waals surface area contributed by atoms with Crippen molar-refractivity contribution in [1.29, 1.82) is 0 Å². The van der Waals surface area contributed by atoms with Gasteiger partial charge in [0.15, 0.2) is 0 Å². The van der Waals surface area contributed by atoms with Crippen LogP contribution in [-0.2, 0) is 0 Å². The predicted octanol–water partition coefficient (Wildman–Crippen LogP) is -0.0708. The second-order valence-corrected chi connectivity index (χ2v) is 2.07. The molecule has 0 atom stereocenters. The summed E-state index contributed by atoms with van der Waals surface area (Å²) in [6.45, 7) is 0.434. The number of rotatable bonds is 3. The summed E-state index contributed by atoms with van der Waals surface area (Å²) in [7, 11) is 0. The zero-order chi connectivity index (χ0) is 8.10. The highest BCUT2D eigenvalue weighted by Gasteiger charge is 1.94. The highest BCUT2D eigenvalue weighted by atomic mass is 35.5. The zero-order valence-corrected chi connectivity index (χ0v) is 6.41. The van der Waals surface area contributed by atoms with Crippen LogP contribution in [0.15, 0.2) is 6.33 Å². The fourth-order valence-corrected chi connectivity index (χ4v) is 0.653. The van der Waals surface area contributed by atoms with Crippen molar-refractivity contribution in [3.8, 4) is 0 Å². The summed E-state index contributed by atoms with van der Waals surface area (Å²) in [5.41, 5.74) is 0. The number of hydrogen-bond acceptors (Lipinski definition) is 5. The lowest BCUT2D eigenvalue weighted by molar-refractivity contribution is 0.311. The van der Waals surface area contributed by atoms with Gasteiger partial charge in [0.05, 0.1) is 6.61 Å². The van der Waals surface area contributed by atoms with Crippen molar-refractivity contribution >= 4 is 17.5 Å². The number of aliphatic hydroxyl groups is 1. The maximum atomic E-state index is 8.43. The first-order valence-electron chi connectivity index (χ1n) is 3.02. The van der Waals surface area contributed by atoms with Crippen LogP contribution in [0.3, 0.4) is 0 Å². The standard InChI is InChI=1S/C5H7ClN4O/c6-4-8-3-9-5(10-4)7-1-2-11/h3,11H,1-2H2,(H,7,8,9,10). The van der Waals surface area contributed by atoms with Crippen molar-refractivity contribution in [2.75, 3.05) is 18.5 Å². The Hall–Kier alpha value is -0.940. The Morgan fingerprint density at radius 3 is 3.00 bits per heavy atom. The van der Waals surface area contributed by atoms with E-state index in [9.17, 15) is 0 Å². The topological polar surface area (TPSA) is 70.9 Å². The van der Waals surface area contributed by atoms with Crippen molar-refractivity contribution in [3.63, 3.8) is 0 Å². The molecule has 5 nitrogen and oxygen atoms in total. The van der Waals surface area contributed by atoms with Gasteiger partial charge in [0.25, 0.3) is 0 Å². The van der Waals surface area contributed by atoms with Crippen LogP contribution in [0.4, 0.5) is 5.95 Å². The lowest BCUT2D eigenvalue weighted by atomic mass is 10.7. The number of anilines is 1. The van der Waals surface area contributed by atoms with Gasteiger partial charge in [0, 0.05) is 6.54 Å². The van der Waals surface area contributed by atoms with E-state index in [1.807, 2.05) is 0 Å². The third-order valence-electron chi connectivity index (χ3n) is 0.937. The summed E-state index contributed by atoms with van der Waals surface area (Å²) in [4.78, 5) is 11.1. The molecular formula is C5H7ClN4O. The van der Waals surface area contributed by atoms with Gasteiger partial charge in [-0.1, -0.05) is 0 Å². The number of nitrogens with one attached hydrogen (secondary N) is 1. The molecule has 0 radical (unpaired) electrons. The average Bonchev–Trinajstić information content (AvgIpc) is 2.01. The molecule has 0 unspecified atom stereocenters. The Balaban J connectivity index is 2.56. The van der Waals surface area contributed by atoms with E-state index in [1.165, 1.54) is 6.33 Å². The molecule has 0 aromatic carbocycles. The molecule has 0 bridgehead atoms. The number of hydrogen-bond donors (Lipinski definition) is 2. The highest BCUT2D eigenvalue weighted by molar-refractivity contribution is 6.28. The summed E-state index contributed by atoms with van der Waals surface area (Å²) < 4.78 is 0. The molecule has 1 heterocycles. The highest BCUT2D eigenvalue weighted by Crippen LogP contribution is 2.00.